The lowest BCUT2D eigenvalue weighted by Gasteiger charge is -2.37. The van der Waals surface area contributed by atoms with E-state index in [-0.39, 0.29) is 6.04 Å². The molecule has 0 saturated carbocycles. The smallest absolute Gasteiger partial charge is 0.111 e. The highest BCUT2D eigenvalue weighted by atomic mass is 16.3. The molecule has 2 unspecified atom stereocenters. The topological polar surface area (TPSA) is 86.3 Å². The Morgan fingerprint density at radius 3 is 2.03 bits per heavy atom. The van der Waals surface area contributed by atoms with Gasteiger partial charge in [-0.25, -0.2) is 9.97 Å². The minimum absolute atomic E-state index is 0.0750. The van der Waals surface area contributed by atoms with Crippen LogP contribution >= 0.6 is 0 Å². The molecule has 0 saturated heterocycles. The Kier molecular flexibility index (Phi) is 6.79. The van der Waals surface area contributed by atoms with E-state index >= 15 is 0 Å². The number of aryl methyl sites for hydroxylation is 2. The van der Waals surface area contributed by atoms with E-state index in [2.05, 4.69) is 89.6 Å². The number of unbranched alkanes of at least 4 members (excludes halogenated alkanes) is 1. The lowest BCUT2D eigenvalue weighted by Crippen LogP contribution is -2.38. The van der Waals surface area contributed by atoms with Crippen LogP contribution in [0, 0.1) is 13.8 Å². The van der Waals surface area contributed by atoms with E-state index in [0.717, 1.165) is 59.7 Å². The zero-order valence-electron chi connectivity index (χ0n) is 20.6. The molecule has 0 aliphatic carbocycles. The molecule has 2 atom stereocenters. The zero-order chi connectivity index (χ0) is 24.4. The van der Waals surface area contributed by atoms with Crippen LogP contribution < -0.4 is 0 Å². The first-order valence-electron chi connectivity index (χ1n) is 12.4. The third kappa shape index (κ3) is 5.06. The molecule has 1 N–H and O–H groups in total. The van der Waals surface area contributed by atoms with E-state index in [1.54, 1.807) is 0 Å². The van der Waals surface area contributed by atoms with Crippen LogP contribution in [0.25, 0.3) is 22.5 Å². The summed E-state index contributed by atoms with van der Waals surface area (Å²) in [5.41, 5.74) is 8.75. The van der Waals surface area contributed by atoms with Gasteiger partial charge in [0.1, 0.15) is 12.6 Å². The summed E-state index contributed by atoms with van der Waals surface area (Å²) in [5.74, 6) is 0. The highest BCUT2D eigenvalue weighted by Crippen LogP contribution is 2.38. The number of aliphatic hydroxyl groups excluding tert-OH is 1. The molecule has 0 spiro atoms. The maximum absolute atomic E-state index is 11.1. The quantitative estimate of drug-likeness (QED) is 0.442. The first-order valence-corrected chi connectivity index (χ1v) is 12.4. The largest absolute Gasteiger partial charge is 0.385 e. The number of β-amino-alcohol motifs (C(OH)–C–C–N with tert-alkyl or cyclic N) is 1. The first-order chi connectivity index (χ1) is 17.0. The van der Waals surface area contributed by atoms with Crippen LogP contribution in [0.4, 0.5) is 0 Å². The van der Waals surface area contributed by atoms with E-state index in [1.807, 2.05) is 0 Å². The third-order valence-electron chi connectivity index (χ3n) is 6.93. The molecule has 35 heavy (non-hydrogen) atoms. The zero-order valence-corrected chi connectivity index (χ0v) is 20.6. The maximum atomic E-state index is 11.1. The Labute approximate surface area is 206 Å². The predicted octanol–water partition coefficient (Wildman–Crippen LogP) is 5.83. The van der Waals surface area contributed by atoms with Gasteiger partial charge in [-0.2, -0.15) is 5.11 Å². The van der Waals surface area contributed by atoms with Gasteiger partial charge in [0.15, 0.2) is 0 Å². The second kappa shape index (κ2) is 10.1. The summed E-state index contributed by atoms with van der Waals surface area (Å²) < 4.78 is 0. The number of benzene rings is 2. The second-order valence-corrected chi connectivity index (χ2v) is 9.62. The number of nitrogens with zero attached hydrogens (tertiary/aromatic N) is 6. The van der Waals surface area contributed by atoms with E-state index in [0.29, 0.717) is 18.8 Å². The standard InChI is InChI=1S/C28H32N6O/c1-18-7-11-21(12-8-18)26-27(22-13-9-19(2)10-14-22)31-28-24(35)17-34(20(3)25(28)30-26)15-5-4-6-23-16-29-33-32-23/h7-14,20,24,35H,4-6,15-17H2,1-3H3. The highest BCUT2D eigenvalue weighted by Gasteiger charge is 2.33. The number of hydrogen-bond donors (Lipinski definition) is 1. The van der Waals surface area contributed by atoms with Crippen molar-refractivity contribution in [3.05, 3.63) is 71.0 Å². The van der Waals surface area contributed by atoms with Crippen molar-refractivity contribution in [2.75, 3.05) is 19.6 Å². The molecule has 5 rings (SSSR count). The summed E-state index contributed by atoms with van der Waals surface area (Å²) in [7, 11) is 0. The molecule has 2 aliphatic rings. The van der Waals surface area contributed by atoms with Crippen LogP contribution in [-0.2, 0) is 0 Å². The van der Waals surface area contributed by atoms with Crippen molar-refractivity contribution in [2.24, 2.45) is 15.4 Å². The van der Waals surface area contributed by atoms with Crippen LogP contribution in [-0.4, -0.2) is 45.3 Å². The van der Waals surface area contributed by atoms with Crippen LogP contribution in [0.15, 0.2) is 64.0 Å². The van der Waals surface area contributed by atoms with E-state index in [9.17, 15) is 5.11 Å². The Hall–Kier alpha value is -3.29. The summed E-state index contributed by atoms with van der Waals surface area (Å²) in [4.78, 5) is 12.5. The summed E-state index contributed by atoms with van der Waals surface area (Å²) in [6.45, 7) is 8.42. The van der Waals surface area contributed by atoms with Crippen LogP contribution in [0.2, 0.25) is 0 Å². The average molecular weight is 469 g/mol. The molecule has 2 aromatic carbocycles. The highest BCUT2D eigenvalue weighted by molar-refractivity contribution is 5.87. The first kappa shape index (κ1) is 23.5. The molecule has 3 heterocycles. The van der Waals surface area contributed by atoms with Crippen LogP contribution in [0.5, 0.6) is 0 Å². The molecule has 2 aliphatic heterocycles. The van der Waals surface area contributed by atoms with Crippen LogP contribution in [0.3, 0.4) is 0 Å². The molecule has 0 fully saturated rings. The van der Waals surface area contributed by atoms with Gasteiger partial charge in [-0.1, -0.05) is 59.7 Å². The monoisotopic (exact) mass is 468 g/mol. The van der Waals surface area contributed by atoms with Gasteiger partial charge in [0.2, 0.25) is 0 Å². The fourth-order valence-corrected chi connectivity index (χ4v) is 4.78. The van der Waals surface area contributed by atoms with Crippen molar-refractivity contribution < 1.29 is 5.11 Å². The van der Waals surface area contributed by atoms with Gasteiger partial charge in [-0.3, -0.25) is 4.90 Å². The molecular formula is C28H32N6O. The van der Waals surface area contributed by atoms with E-state index in [4.69, 9.17) is 9.97 Å². The lowest BCUT2D eigenvalue weighted by molar-refractivity contribution is 0.0647. The molecule has 0 amide bonds. The number of fused-ring (bicyclic) bond motifs is 1. The summed E-state index contributed by atoms with van der Waals surface area (Å²) in [5, 5.41) is 22.8. The Bertz CT molecular complexity index is 1250. The second-order valence-electron chi connectivity index (χ2n) is 9.62. The number of aromatic nitrogens is 2. The van der Waals surface area contributed by atoms with Crippen molar-refractivity contribution in [1.29, 1.82) is 0 Å². The third-order valence-corrected chi connectivity index (χ3v) is 6.93. The van der Waals surface area contributed by atoms with Crippen molar-refractivity contribution in [1.82, 2.24) is 14.9 Å². The molecule has 180 valence electrons. The van der Waals surface area contributed by atoms with Crippen molar-refractivity contribution in [2.45, 2.75) is 52.2 Å². The van der Waals surface area contributed by atoms with Gasteiger partial charge in [0.25, 0.3) is 0 Å². The lowest BCUT2D eigenvalue weighted by atomic mass is 9.96. The van der Waals surface area contributed by atoms with Crippen LogP contribution in [0.1, 0.15) is 60.8 Å². The van der Waals surface area contributed by atoms with Gasteiger partial charge in [0.05, 0.1) is 34.5 Å². The van der Waals surface area contributed by atoms with Crippen molar-refractivity contribution >= 4 is 5.71 Å². The summed E-state index contributed by atoms with van der Waals surface area (Å²) >= 11 is 0. The minimum atomic E-state index is -0.665. The number of rotatable bonds is 7. The SMILES string of the molecule is Cc1ccc(-c2nc3c(nc2-c2ccc(C)cc2)C(C)N(CCCCC2=NN=NC2)CC3O)cc1. The normalized spacial score (nSPS) is 19.6. The fraction of sp³-hybridized carbons (Fsp3) is 0.393. The molecule has 7 nitrogen and oxygen atoms in total. The maximum Gasteiger partial charge on any atom is 0.111 e. The van der Waals surface area contributed by atoms with Crippen molar-refractivity contribution in [3.63, 3.8) is 0 Å². The Morgan fingerprint density at radius 2 is 1.46 bits per heavy atom. The van der Waals surface area contributed by atoms with Gasteiger partial charge < -0.3 is 5.11 Å². The molecule has 3 aromatic rings. The Balaban J connectivity index is 1.45. The fourth-order valence-electron chi connectivity index (χ4n) is 4.78. The van der Waals surface area contributed by atoms with Gasteiger partial charge in [0, 0.05) is 17.7 Å². The van der Waals surface area contributed by atoms with Gasteiger partial charge in [-0.05, 0) is 51.8 Å². The van der Waals surface area contributed by atoms with Gasteiger partial charge in [-0.15, -0.1) is 5.10 Å². The molecule has 1 aromatic heterocycles. The minimum Gasteiger partial charge on any atom is -0.385 e. The molecule has 7 heteroatoms. The number of hydrogen-bond acceptors (Lipinski definition) is 7. The molecule has 0 radical (unpaired) electrons. The summed E-state index contributed by atoms with van der Waals surface area (Å²) in [6.07, 6.45) is 2.31. The predicted molar refractivity (Wildman–Crippen MR) is 138 cm³/mol. The molecular weight excluding hydrogens is 436 g/mol. The molecule has 0 bridgehead atoms. The van der Waals surface area contributed by atoms with Gasteiger partial charge >= 0.3 is 0 Å². The summed E-state index contributed by atoms with van der Waals surface area (Å²) in [6, 6.07) is 16.9. The van der Waals surface area contributed by atoms with E-state index in [1.165, 1.54) is 11.1 Å². The van der Waals surface area contributed by atoms with E-state index < -0.39 is 6.10 Å². The number of aliphatic hydroxyl groups is 1. The average Bonchev–Trinajstić information content (AvgIpc) is 3.39. The Morgan fingerprint density at radius 1 is 0.857 bits per heavy atom. The van der Waals surface area contributed by atoms with Crippen molar-refractivity contribution in [3.8, 4) is 22.5 Å².